The zero-order chi connectivity index (χ0) is 21.8. The van der Waals surface area contributed by atoms with Crippen molar-refractivity contribution in [2.45, 2.75) is 20.8 Å². The van der Waals surface area contributed by atoms with E-state index < -0.39 is 0 Å². The third-order valence-corrected chi connectivity index (χ3v) is 6.40. The molecule has 32 heavy (non-hydrogen) atoms. The van der Waals surface area contributed by atoms with Crippen LogP contribution in [0.1, 0.15) is 16.7 Å². The van der Waals surface area contributed by atoms with Gasteiger partial charge in [0.1, 0.15) is 5.65 Å². The third kappa shape index (κ3) is 2.84. The molecule has 2 aromatic heterocycles. The lowest BCUT2D eigenvalue weighted by Crippen LogP contribution is -1.94. The molecule has 0 saturated heterocycles. The summed E-state index contributed by atoms with van der Waals surface area (Å²) in [4.78, 5) is 5.12. The highest BCUT2D eigenvalue weighted by atomic mass is 15.0. The lowest BCUT2D eigenvalue weighted by atomic mass is 9.88. The molecule has 2 nitrogen and oxygen atoms in total. The molecule has 0 amide bonds. The molecule has 0 fully saturated rings. The van der Waals surface area contributed by atoms with Crippen LogP contribution in [0.15, 0.2) is 91.1 Å². The summed E-state index contributed by atoms with van der Waals surface area (Å²) in [5.74, 6) is 0. The molecule has 0 N–H and O–H groups in total. The number of benzene rings is 4. The number of aryl methyl sites for hydroxylation is 3. The molecule has 0 aliphatic carbocycles. The maximum atomic E-state index is 5.12. The van der Waals surface area contributed by atoms with Gasteiger partial charge in [0.2, 0.25) is 0 Å². The number of hydrogen-bond acceptors (Lipinski definition) is 1. The maximum Gasteiger partial charge on any atom is 0.138 e. The van der Waals surface area contributed by atoms with Crippen molar-refractivity contribution in [1.29, 1.82) is 0 Å². The van der Waals surface area contributed by atoms with Gasteiger partial charge in [0.15, 0.2) is 0 Å². The quantitative estimate of drug-likeness (QED) is 0.282. The summed E-state index contributed by atoms with van der Waals surface area (Å²) in [5, 5.41) is 2.43. The number of rotatable bonds is 2. The van der Waals surface area contributed by atoms with Crippen LogP contribution in [0.25, 0.3) is 49.7 Å². The molecule has 0 bridgehead atoms. The molecule has 0 aliphatic rings. The Bertz CT molecular complexity index is 1620. The van der Waals surface area contributed by atoms with Crippen molar-refractivity contribution in [1.82, 2.24) is 9.38 Å². The summed E-state index contributed by atoms with van der Waals surface area (Å²) in [6, 6.07) is 30.8. The maximum absolute atomic E-state index is 5.12. The first-order valence-electron chi connectivity index (χ1n) is 11.1. The molecule has 6 aromatic rings. The molecule has 154 valence electrons. The van der Waals surface area contributed by atoms with Gasteiger partial charge in [-0.1, -0.05) is 83.9 Å². The van der Waals surface area contributed by atoms with Gasteiger partial charge in [0.25, 0.3) is 0 Å². The number of aromatic nitrogens is 2. The van der Waals surface area contributed by atoms with E-state index in [2.05, 4.69) is 116 Å². The van der Waals surface area contributed by atoms with Gasteiger partial charge >= 0.3 is 0 Å². The first-order valence-corrected chi connectivity index (χ1v) is 11.1. The monoisotopic (exact) mass is 412 g/mol. The van der Waals surface area contributed by atoms with E-state index in [-0.39, 0.29) is 0 Å². The van der Waals surface area contributed by atoms with Gasteiger partial charge in [-0.05, 0) is 60.5 Å². The topological polar surface area (TPSA) is 17.3 Å². The Hall–Kier alpha value is -3.91. The van der Waals surface area contributed by atoms with Crippen molar-refractivity contribution in [3.8, 4) is 22.3 Å². The van der Waals surface area contributed by atoms with Crippen LogP contribution in [0.5, 0.6) is 0 Å². The van der Waals surface area contributed by atoms with Crippen molar-refractivity contribution >= 4 is 27.5 Å². The van der Waals surface area contributed by atoms with Crippen LogP contribution < -0.4 is 0 Å². The van der Waals surface area contributed by atoms with E-state index in [9.17, 15) is 0 Å². The predicted octanol–water partition coefficient (Wildman–Crippen LogP) is 7.90. The summed E-state index contributed by atoms with van der Waals surface area (Å²) >= 11 is 0. The average molecular weight is 413 g/mol. The second-order valence-corrected chi connectivity index (χ2v) is 8.77. The molecule has 0 aliphatic heterocycles. The van der Waals surface area contributed by atoms with Gasteiger partial charge in [0, 0.05) is 17.1 Å². The normalized spacial score (nSPS) is 11.6. The van der Waals surface area contributed by atoms with Gasteiger partial charge in [-0.15, -0.1) is 0 Å². The van der Waals surface area contributed by atoms with Crippen LogP contribution in [0, 0.1) is 20.8 Å². The third-order valence-electron chi connectivity index (χ3n) is 6.40. The van der Waals surface area contributed by atoms with Crippen LogP contribution in [0.4, 0.5) is 0 Å². The largest absolute Gasteiger partial charge is 0.299 e. The summed E-state index contributed by atoms with van der Waals surface area (Å²) in [7, 11) is 0. The highest BCUT2D eigenvalue weighted by Gasteiger charge is 2.21. The summed E-state index contributed by atoms with van der Waals surface area (Å²) in [5.41, 5.74) is 11.9. The number of imidazole rings is 1. The molecule has 0 unspecified atom stereocenters. The molecule has 2 heterocycles. The number of nitrogens with zero attached hydrogens (tertiary/aromatic N) is 2. The Balaban J connectivity index is 1.89. The Labute approximate surface area is 187 Å². The van der Waals surface area contributed by atoms with Crippen molar-refractivity contribution < 1.29 is 0 Å². The van der Waals surface area contributed by atoms with E-state index in [0.29, 0.717) is 0 Å². The van der Waals surface area contributed by atoms with Crippen molar-refractivity contribution in [2.75, 3.05) is 0 Å². The van der Waals surface area contributed by atoms with Crippen LogP contribution >= 0.6 is 0 Å². The smallest absolute Gasteiger partial charge is 0.138 e. The van der Waals surface area contributed by atoms with Crippen LogP contribution in [-0.2, 0) is 0 Å². The van der Waals surface area contributed by atoms with E-state index in [1.807, 2.05) is 0 Å². The molecule has 0 radical (unpaired) electrons. The fourth-order valence-corrected chi connectivity index (χ4v) is 4.76. The van der Waals surface area contributed by atoms with Crippen LogP contribution in [0.3, 0.4) is 0 Å². The molecule has 6 rings (SSSR count). The predicted molar refractivity (Wildman–Crippen MR) is 135 cm³/mol. The summed E-state index contributed by atoms with van der Waals surface area (Å²) in [6.45, 7) is 6.40. The number of fused-ring (bicyclic) bond motifs is 5. The minimum atomic E-state index is 0.986. The zero-order valence-electron chi connectivity index (χ0n) is 18.6. The van der Waals surface area contributed by atoms with Gasteiger partial charge < -0.3 is 0 Å². The number of pyridine rings is 1. The Morgan fingerprint density at radius 3 is 1.84 bits per heavy atom. The number of hydrogen-bond donors (Lipinski definition) is 0. The first kappa shape index (κ1) is 18.8. The second-order valence-electron chi connectivity index (χ2n) is 8.77. The van der Waals surface area contributed by atoms with Gasteiger partial charge in [0.05, 0.1) is 11.0 Å². The van der Waals surface area contributed by atoms with E-state index in [0.717, 1.165) is 16.7 Å². The Kier molecular flexibility index (Phi) is 4.16. The van der Waals surface area contributed by atoms with E-state index in [4.69, 9.17) is 4.98 Å². The van der Waals surface area contributed by atoms with E-state index >= 15 is 0 Å². The van der Waals surface area contributed by atoms with Crippen molar-refractivity contribution in [3.63, 3.8) is 0 Å². The highest BCUT2D eigenvalue weighted by Crippen LogP contribution is 2.44. The molecule has 4 aromatic carbocycles. The summed E-state index contributed by atoms with van der Waals surface area (Å²) < 4.78 is 2.25. The fraction of sp³-hybridized carbons (Fsp3) is 0.100. The second kappa shape index (κ2) is 7.06. The molecule has 0 spiro atoms. The van der Waals surface area contributed by atoms with Gasteiger partial charge in [-0.3, -0.25) is 4.40 Å². The van der Waals surface area contributed by atoms with Crippen LogP contribution in [0.2, 0.25) is 0 Å². The minimum Gasteiger partial charge on any atom is -0.299 e. The van der Waals surface area contributed by atoms with Crippen molar-refractivity contribution in [3.05, 3.63) is 108 Å². The lowest BCUT2D eigenvalue weighted by Gasteiger charge is -2.17. The minimum absolute atomic E-state index is 0.986. The Morgan fingerprint density at radius 2 is 1.19 bits per heavy atom. The first-order chi connectivity index (χ1) is 15.6. The average Bonchev–Trinajstić information content (AvgIpc) is 3.18. The van der Waals surface area contributed by atoms with Crippen molar-refractivity contribution in [2.24, 2.45) is 0 Å². The standard InChI is InChI=1S/C30H24N2/c1-19-8-12-22(13-9-19)27-24-6-4-5-7-25(24)29-30(28(27)23-14-10-20(2)11-15-23)32-17-16-21(3)18-26(32)31-29/h4-18H,1-3H3. The molecule has 2 heteroatoms. The SMILES string of the molecule is Cc1ccc(-c2c(-c3ccc(C)cc3)c3c(nc4cc(C)ccn43)c3ccccc23)cc1. The van der Waals surface area contributed by atoms with E-state index in [1.165, 1.54) is 49.7 Å². The Morgan fingerprint density at radius 1 is 0.594 bits per heavy atom. The summed E-state index contributed by atoms with van der Waals surface area (Å²) in [6.07, 6.45) is 2.16. The van der Waals surface area contributed by atoms with Gasteiger partial charge in [-0.25, -0.2) is 4.98 Å². The molecule has 0 atom stereocenters. The molecule has 0 saturated carbocycles. The molecular formula is C30H24N2. The van der Waals surface area contributed by atoms with E-state index in [1.54, 1.807) is 0 Å². The fourth-order valence-electron chi connectivity index (χ4n) is 4.76. The lowest BCUT2D eigenvalue weighted by molar-refractivity contribution is 1.21. The molecular weight excluding hydrogens is 388 g/mol. The van der Waals surface area contributed by atoms with Crippen LogP contribution in [-0.4, -0.2) is 9.38 Å². The zero-order valence-corrected chi connectivity index (χ0v) is 18.6. The van der Waals surface area contributed by atoms with Gasteiger partial charge in [-0.2, -0.15) is 0 Å². The highest BCUT2D eigenvalue weighted by molar-refractivity contribution is 6.20.